The zero-order valence-electron chi connectivity index (χ0n) is 25.8. The fourth-order valence-electron chi connectivity index (χ4n) is 8.39. The predicted octanol–water partition coefficient (Wildman–Crippen LogP) is 10.3. The summed E-state index contributed by atoms with van der Waals surface area (Å²) >= 11 is 7.21. The molecule has 0 saturated heterocycles. The molecule has 48 heavy (non-hydrogen) atoms. The first-order valence-electron chi connectivity index (χ1n) is 16.2. The number of hydrogen-bond acceptors (Lipinski definition) is 4. The number of fused-ring (bicyclic) bond motifs is 4. The molecule has 5 aromatic carbocycles. The van der Waals surface area contributed by atoms with Gasteiger partial charge in [-0.2, -0.15) is 0 Å². The second kappa shape index (κ2) is 12.6. The SMILES string of the molecule is O=C(C[C@@H]1c2ccccc2C([C@@H]2c3ccccc3[C@H]3C=C(c4ccccc4)OC(=O)[C@H]32)[C@H]1C(=O)c1ccccc1Br)c1ccccc1Br. The standard InChI is InChI=1S/C42H30Br2O4/c43-33-20-10-8-18-29(33)35(45)22-31-25-14-4-6-16-27(25)37(39(31)41(46)30-19-9-11-21-34(30)44)38-28-17-7-5-15-26(28)32-23-36(48-42(47)40(32)38)24-12-2-1-3-13-24/h1-21,23,31-32,37-40H,22H2/t31-,32-,37?,38+,39+,40-/m1/s1. The van der Waals surface area contributed by atoms with Gasteiger partial charge in [0.1, 0.15) is 5.76 Å². The summed E-state index contributed by atoms with van der Waals surface area (Å²) < 4.78 is 7.56. The number of ketones is 2. The van der Waals surface area contributed by atoms with E-state index >= 15 is 4.79 Å². The van der Waals surface area contributed by atoms with Gasteiger partial charge in [-0.05, 0) is 40.5 Å². The number of allylic oxidation sites excluding steroid dienone is 1. The second-order valence-electron chi connectivity index (χ2n) is 12.8. The van der Waals surface area contributed by atoms with Gasteiger partial charge in [-0.1, -0.05) is 147 Å². The van der Waals surface area contributed by atoms with Crippen molar-refractivity contribution in [1.82, 2.24) is 0 Å². The molecule has 0 fully saturated rings. The van der Waals surface area contributed by atoms with Crippen LogP contribution in [0.2, 0.25) is 0 Å². The van der Waals surface area contributed by atoms with E-state index in [0.29, 0.717) is 21.4 Å². The molecule has 6 atom stereocenters. The molecule has 236 valence electrons. The fourth-order valence-corrected chi connectivity index (χ4v) is 9.38. The fraction of sp³-hybridized carbons (Fsp3) is 0.167. The third kappa shape index (κ3) is 5.13. The zero-order valence-corrected chi connectivity index (χ0v) is 28.9. The molecular weight excluding hydrogens is 728 g/mol. The molecule has 1 aliphatic heterocycles. The highest BCUT2D eigenvalue weighted by Crippen LogP contribution is 2.63. The Balaban J connectivity index is 1.30. The number of carbonyl (C=O) groups is 3. The van der Waals surface area contributed by atoms with Crippen LogP contribution in [-0.2, 0) is 9.53 Å². The third-order valence-corrected chi connectivity index (χ3v) is 11.7. The number of ether oxygens (including phenoxy) is 1. The molecule has 8 rings (SSSR count). The summed E-state index contributed by atoms with van der Waals surface area (Å²) in [7, 11) is 0. The van der Waals surface area contributed by atoms with Crippen LogP contribution >= 0.6 is 31.9 Å². The number of Topliss-reactive ketones (excluding diaryl/α,β-unsaturated/α-hetero) is 2. The number of esters is 1. The highest BCUT2D eigenvalue weighted by Gasteiger charge is 2.57. The minimum atomic E-state index is -0.600. The van der Waals surface area contributed by atoms with Crippen LogP contribution in [0.1, 0.15) is 78.6 Å². The molecule has 0 N–H and O–H groups in total. The lowest BCUT2D eigenvalue weighted by Gasteiger charge is -2.34. The van der Waals surface area contributed by atoms with Crippen LogP contribution in [0.25, 0.3) is 5.76 Å². The van der Waals surface area contributed by atoms with Crippen LogP contribution in [0.3, 0.4) is 0 Å². The van der Waals surface area contributed by atoms with Gasteiger partial charge in [0.25, 0.3) is 0 Å². The van der Waals surface area contributed by atoms with Gasteiger partial charge in [-0.15, -0.1) is 0 Å². The number of rotatable bonds is 7. The molecule has 0 radical (unpaired) electrons. The number of carbonyl (C=O) groups excluding carboxylic acids is 3. The van der Waals surface area contributed by atoms with Crippen molar-refractivity contribution in [1.29, 1.82) is 0 Å². The van der Waals surface area contributed by atoms with Gasteiger partial charge >= 0.3 is 5.97 Å². The first-order valence-corrected chi connectivity index (χ1v) is 17.7. The summed E-state index contributed by atoms with van der Waals surface area (Å²) in [6, 6.07) is 40.9. The molecule has 0 amide bonds. The van der Waals surface area contributed by atoms with Crippen LogP contribution in [-0.4, -0.2) is 17.5 Å². The highest BCUT2D eigenvalue weighted by molar-refractivity contribution is 9.10. The van der Waals surface area contributed by atoms with Crippen molar-refractivity contribution in [2.24, 2.45) is 11.8 Å². The molecule has 1 unspecified atom stereocenters. The second-order valence-corrected chi connectivity index (χ2v) is 14.5. The lowest BCUT2D eigenvalue weighted by molar-refractivity contribution is -0.143. The Morgan fingerprint density at radius 2 is 1.12 bits per heavy atom. The molecule has 0 spiro atoms. The smallest absolute Gasteiger partial charge is 0.315 e. The Hall–Kier alpha value is -4.39. The van der Waals surface area contributed by atoms with E-state index < -0.39 is 17.8 Å². The largest absolute Gasteiger partial charge is 0.426 e. The van der Waals surface area contributed by atoms with E-state index in [1.807, 2.05) is 103 Å². The third-order valence-electron chi connectivity index (χ3n) is 10.3. The molecular formula is C42H30Br2O4. The molecule has 5 aromatic rings. The first-order chi connectivity index (χ1) is 23.4. The lowest BCUT2D eigenvalue weighted by Crippen LogP contribution is -2.34. The van der Waals surface area contributed by atoms with Crippen LogP contribution in [0.5, 0.6) is 0 Å². The maximum Gasteiger partial charge on any atom is 0.315 e. The quantitative estimate of drug-likeness (QED) is 0.123. The van der Waals surface area contributed by atoms with E-state index in [9.17, 15) is 9.59 Å². The number of cyclic esters (lactones) is 1. The van der Waals surface area contributed by atoms with Gasteiger partial charge in [-0.3, -0.25) is 14.4 Å². The number of halogens is 2. The van der Waals surface area contributed by atoms with Crippen LogP contribution in [0.4, 0.5) is 0 Å². The predicted molar refractivity (Wildman–Crippen MR) is 193 cm³/mol. The summed E-state index contributed by atoms with van der Waals surface area (Å²) in [4.78, 5) is 43.3. The van der Waals surface area contributed by atoms with E-state index in [1.165, 1.54) is 0 Å². The average Bonchev–Trinajstić information content (AvgIpc) is 3.61. The summed E-state index contributed by atoms with van der Waals surface area (Å²) in [5.74, 6) is -2.26. The monoisotopic (exact) mass is 756 g/mol. The van der Waals surface area contributed by atoms with Crippen molar-refractivity contribution in [2.45, 2.75) is 30.1 Å². The van der Waals surface area contributed by atoms with E-state index in [2.05, 4.69) is 62.2 Å². The summed E-state index contributed by atoms with van der Waals surface area (Å²) in [5, 5.41) is 0. The number of benzene rings is 5. The van der Waals surface area contributed by atoms with Crippen LogP contribution in [0.15, 0.2) is 142 Å². The molecule has 3 aliphatic rings. The van der Waals surface area contributed by atoms with E-state index in [4.69, 9.17) is 4.74 Å². The molecule has 0 bridgehead atoms. The lowest BCUT2D eigenvalue weighted by atomic mass is 9.68. The van der Waals surface area contributed by atoms with Gasteiger partial charge in [0.2, 0.25) is 0 Å². The topological polar surface area (TPSA) is 60.4 Å². The zero-order chi connectivity index (χ0) is 32.9. The van der Waals surface area contributed by atoms with Crippen molar-refractivity contribution in [2.75, 3.05) is 0 Å². The Morgan fingerprint density at radius 3 is 1.79 bits per heavy atom. The minimum absolute atomic E-state index is 0.0370. The molecule has 1 heterocycles. The summed E-state index contributed by atoms with van der Waals surface area (Å²) in [6.07, 6.45) is 2.24. The number of hydrogen-bond donors (Lipinski definition) is 0. The maximum atomic E-state index is 15.0. The highest BCUT2D eigenvalue weighted by atomic mass is 79.9. The van der Waals surface area contributed by atoms with Crippen LogP contribution in [0, 0.1) is 11.8 Å². The van der Waals surface area contributed by atoms with Crippen molar-refractivity contribution in [3.8, 4) is 0 Å². The minimum Gasteiger partial charge on any atom is -0.426 e. The van der Waals surface area contributed by atoms with E-state index in [-0.39, 0.29) is 41.7 Å². The first kappa shape index (κ1) is 30.9. The van der Waals surface area contributed by atoms with Crippen molar-refractivity contribution in [3.63, 3.8) is 0 Å². The van der Waals surface area contributed by atoms with Gasteiger partial charge in [0, 0.05) is 61.6 Å². The van der Waals surface area contributed by atoms with E-state index in [1.54, 1.807) is 0 Å². The maximum absolute atomic E-state index is 15.0. The Morgan fingerprint density at radius 1 is 0.583 bits per heavy atom. The van der Waals surface area contributed by atoms with Crippen molar-refractivity contribution < 1.29 is 19.1 Å². The van der Waals surface area contributed by atoms with Crippen molar-refractivity contribution >= 4 is 55.2 Å². The summed E-state index contributed by atoms with van der Waals surface area (Å²) in [5.41, 5.74) is 6.14. The van der Waals surface area contributed by atoms with E-state index in [0.717, 1.165) is 32.3 Å². The Bertz CT molecular complexity index is 2120. The van der Waals surface area contributed by atoms with Gasteiger partial charge in [0.05, 0.1) is 5.92 Å². The van der Waals surface area contributed by atoms with Gasteiger partial charge in [0.15, 0.2) is 11.6 Å². The molecule has 4 nitrogen and oxygen atoms in total. The van der Waals surface area contributed by atoms with Gasteiger partial charge < -0.3 is 4.74 Å². The summed E-state index contributed by atoms with van der Waals surface area (Å²) in [6.45, 7) is 0. The van der Waals surface area contributed by atoms with Crippen LogP contribution < -0.4 is 0 Å². The van der Waals surface area contributed by atoms with Gasteiger partial charge in [-0.25, -0.2) is 0 Å². The molecule has 0 aromatic heterocycles. The molecule has 6 heteroatoms. The Labute approximate surface area is 296 Å². The molecule has 2 aliphatic carbocycles. The normalized spacial score (nSPS) is 23.8. The average molecular weight is 759 g/mol. The van der Waals surface area contributed by atoms with Crippen molar-refractivity contribution in [3.05, 3.63) is 181 Å². The molecule has 0 saturated carbocycles. The Kier molecular flexibility index (Phi) is 8.10.